The lowest BCUT2D eigenvalue weighted by atomic mass is 10.2. The van der Waals surface area contributed by atoms with E-state index in [0.717, 1.165) is 22.6 Å². The molecule has 1 N–H and O–H groups in total. The number of halogens is 1. The minimum Gasteiger partial charge on any atom is -0.363 e. The van der Waals surface area contributed by atoms with Crippen LogP contribution in [0.1, 0.15) is 11.3 Å². The standard InChI is InChI=1S/C11H11BrN2O/c1-8-6-11(14-15-8)13-7-9-2-4-10(12)5-3-9/h2-6H,7H2,1H3,(H,13,14). The molecule has 4 heteroatoms. The van der Waals surface area contributed by atoms with E-state index in [1.54, 1.807) is 0 Å². The van der Waals surface area contributed by atoms with Crippen LogP contribution in [0.3, 0.4) is 0 Å². The smallest absolute Gasteiger partial charge is 0.169 e. The van der Waals surface area contributed by atoms with E-state index in [0.29, 0.717) is 0 Å². The Labute approximate surface area is 96.6 Å². The van der Waals surface area contributed by atoms with Crippen LogP contribution in [0.5, 0.6) is 0 Å². The third-order valence-electron chi connectivity index (χ3n) is 2.01. The Bertz CT molecular complexity index is 436. The third kappa shape index (κ3) is 2.83. The molecule has 0 saturated heterocycles. The summed E-state index contributed by atoms with van der Waals surface area (Å²) in [6.45, 7) is 2.62. The summed E-state index contributed by atoms with van der Waals surface area (Å²) in [6.07, 6.45) is 0. The fraction of sp³-hybridized carbons (Fsp3) is 0.182. The lowest BCUT2D eigenvalue weighted by Gasteiger charge is -2.01. The van der Waals surface area contributed by atoms with Gasteiger partial charge < -0.3 is 9.84 Å². The van der Waals surface area contributed by atoms with Gasteiger partial charge in [-0.15, -0.1) is 0 Å². The quantitative estimate of drug-likeness (QED) is 0.926. The molecule has 3 nitrogen and oxygen atoms in total. The first-order valence-electron chi connectivity index (χ1n) is 4.66. The van der Waals surface area contributed by atoms with Crippen LogP contribution in [0.15, 0.2) is 39.3 Å². The van der Waals surface area contributed by atoms with Crippen LogP contribution in [-0.2, 0) is 6.54 Å². The zero-order valence-corrected chi connectivity index (χ0v) is 9.91. The van der Waals surface area contributed by atoms with Crippen molar-refractivity contribution < 1.29 is 4.52 Å². The van der Waals surface area contributed by atoms with Crippen molar-refractivity contribution in [2.75, 3.05) is 5.32 Å². The van der Waals surface area contributed by atoms with Crippen LogP contribution in [0, 0.1) is 6.92 Å². The first-order chi connectivity index (χ1) is 7.24. The molecule has 78 valence electrons. The second-order valence-electron chi connectivity index (χ2n) is 3.30. The maximum Gasteiger partial charge on any atom is 0.169 e. The average molecular weight is 267 g/mol. The van der Waals surface area contributed by atoms with Gasteiger partial charge in [0, 0.05) is 17.1 Å². The second kappa shape index (κ2) is 4.49. The van der Waals surface area contributed by atoms with Gasteiger partial charge in [0.1, 0.15) is 5.76 Å². The van der Waals surface area contributed by atoms with Gasteiger partial charge in [0.25, 0.3) is 0 Å². The first-order valence-corrected chi connectivity index (χ1v) is 5.45. The lowest BCUT2D eigenvalue weighted by molar-refractivity contribution is 0.399. The van der Waals surface area contributed by atoms with Crippen molar-refractivity contribution in [2.45, 2.75) is 13.5 Å². The average Bonchev–Trinajstić information content (AvgIpc) is 2.64. The van der Waals surface area contributed by atoms with Crippen LogP contribution < -0.4 is 5.32 Å². The minimum atomic E-state index is 0.749. The van der Waals surface area contributed by atoms with Crippen molar-refractivity contribution in [1.29, 1.82) is 0 Å². The molecule has 1 aromatic carbocycles. The number of nitrogens with one attached hydrogen (secondary N) is 1. The summed E-state index contributed by atoms with van der Waals surface area (Å²) in [6, 6.07) is 10.0. The van der Waals surface area contributed by atoms with Crippen molar-refractivity contribution in [2.24, 2.45) is 0 Å². The van der Waals surface area contributed by atoms with Crippen LogP contribution in [-0.4, -0.2) is 5.16 Å². The zero-order chi connectivity index (χ0) is 10.7. The van der Waals surface area contributed by atoms with E-state index >= 15 is 0 Å². The summed E-state index contributed by atoms with van der Waals surface area (Å²) < 4.78 is 6.04. The number of hydrogen-bond acceptors (Lipinski definition) is 3. The molecule has 0 aliphatic rings. The number of rotatable bonds is 3. The number of anilines is 1. The van der Waals surface area contributed by atoms with Gasteiger partial charge in [0.2, 0.25) is 0 Å². The molecule has 0 bridgehead atoms. The van der Waals surface area contributed by atoms with E-state index < -0.39 is 0 Å². The Kier molecular flexibility index (Phi) is 3.06. The summed E-state index contributed by atoms with van der Waals surface area (Å²) in [4.78, 5) is 0. The SMILES string of the molecule is Cc1cc(NCc2ccc(Br)cc2)no1. The van der Waals surface area contributed by atoms with E-state index in [2.05, 4.69) is 38.5 Å². The molecule has 2 rings (SSSR count). The molecule has 0 fully saturated rings. The van der Waals surface area contributed by atoms with Gasteiger partial charge in [-0.1, -0.05) is 33.2 Å². The molecule has 0 aliphatic carbocycles. The Balaban J connectivity index is 1.96. The maximum absolute atomic E-state index is 4.95. The topological polar surface area (TPSA) is 38.1 Å². The second-order valence-corrected chi connectivity index (χ2v) is 4.22. The monoisotopic (exact) mass is 266 g/mol. The molecular formula is C11H11BrN2O. The molecule has 0 radical (unpaired) electrons. The summed E-state index contributed by atoms with van der Waals surface area (Å²) in [5.41, 5.74) is 1.21. The van der Waals surface area contributed by atoms with Crippen LogP contribution in [0.25, 0.3) is 0 Å². The number of aryl methyl sites for hydroxylation is 1. The van der Waals surface area contributed by atoms with Gasteiger partial charge in [0.05, 0.1) is 0 Å². The first kappa shape index (κ1) is 10.2. The normalized spacial score (nSPS) is 10.3. The van der Waals surface area contributed by atoms with Crippen LogP contribution in [0.2, 0.25) is 0 Å². The molecule has 0 amide bonds. The Morgan fingerprint density at radius 2 is 2.07 bits per heavy atom. The summed E-state index contributed by atoms with van der Waals surface area (Å²) in [5, 5.41) is 7.03. The summed E-state index contributed by atoms with van der Waals surface area (Å²) in [5.74, 6) is 1.59. The van der Waals surface area contributed by atoms with Gasteiger partial charge in [0.15, 0.2) is 5.82 Å². The maximum atomic E-state index is 4.95. The highest BCUT2D eigenvalue weighted by molar-refractivity contribution is 9.10. The van der Waals surface area contributed by atoms with E-state index in [-0.39, 0.29) is 0 Å². The molecular weight excluding hydrogens is 256 g/mol. The van der Waals surface area contributed by atoms with E-state index in [1.165, 1.54) is 5.56 Å². The van der Waals surface area contributed by atoms with E-state index in [4.69, 9.17) is 4.52 Å². The van der Waals surface area contributed by atoms with Gasteiger partial charge >= 0.3 is 0 Å². The molecule has 2 aromatic rings. The van der Waals surface area contributed by atoms with Crippen molar-refractivity contribution in [3.63, 3.8) is 0 Å². The fourth-order valence-electron chi connectivity index (χ4n) is 1.24. The predicted octanol–water partition coefficient (Wildman–Crippen LogP) is 3.36. The third-order valence-corrected chi connectivity index (χ3v) is 2.54. The van der Waals surface area contributed by atoms with Crippen LogP contribution in [0.4, 0.5) is 5.82 Å². The number of benzene rings is 1. The molecule has 0 aliphatic heterocycles. The van der Waals surface area contributed by atoms with Gasteiger partial charge in [-0.25, -0.2) is 0 Å². The van der Waals surface area contributed by atoms with Crippen LogP contribution >= 0.6 is 15.9 Å². The molecule has 1 aromatic heterocycles. The lowest BCUT2D eigenvalue weighted by Crippen LogP contribution is -1.98. The Morgan fingerprint density at radius 3 is 2.67 bits per heavy atom. The summed E-state index contributed by atoms with van der Waals surface area (Å²) >= 11 is 3.40. The molecule has 0 spiro atoms. The fourth-order valence-corrected chi connectivity index (χ4v) is 1.51. The number of nitrogens with zero attached hydrogens (tertiary/aromatic N) is 1. The van der Waals surface area contributed by atoms with Gasteiger partial charge in [-0.05, 0) is 24.6 Å². The minimum absolute atomic E-state index is 0.749. The van der Waals surface area contributed by atoms with Crippen molar-refractivity contribution >= 4 is 21.7 Å². The Hall–Kier alpha value is -1.29. The highest BCUT2D eigenvalue weighted by Gasteiger charge is 1.99. The van der Waals surface area contributed by atoms with Gasteiger partial charge in [-0.2, -0.15) is 0 Å². The highest BCUT2D eigenvalue weighted by Crippen LogP contribution is 2.12. The molecule has 1 heterocycles. The van der Waals surface area contributed by atoms with Crippen molar-refractivity contribution in [3.8, 4) is 0 Å². The van der Waals surface area contributed by atoms with E-state index in [9.17, 15) is 0 Å². The largest absolute Gasteiger partial charge is 0.363 e. The molecule has 0 atom stereocenters. The molecule has 0 saturated carbocycles. The van der Waals surface area contributed by atoms with Gasteiger partial charge in [-0.3, -0.25) is 0 Å². The summed E-state index contributed by atoms with van der Waals surface area (Å²) in [7, 11) is 0. The molecule has 0 unspecified atom stereocenters. The highest BCUT2D eigenvalue weighted by atomic mass is 79.9. The van der Waals surface area contributed by atoms with Crippen molar-refractivity contribution in [3.05, 3.63) is 46.1 Å². The molecule has 15 heavy (non-hydrogen) atoms. The Morgan fingerprint density at radius 1 is 1.33 bits per heavy atom. The predicted molar refractivity (Wildman–Crippen MR) is 62.7 cm³/mol. The number of hydrogen-bond donors (Lipinski definition) is 1. The number of aromatic nitrogens is 1. The van der Waals surface area contributed by atoms with Crippen molar-refractivity contribution in [1.82, 2.24) is 5.16 Å². The zero-order valence-electron chi connectivity index (χ0n) is 8.33. The van der Waals surface area contributed by atoms with E-state index in [1.807, 2.05) is 25.1 Å².